The van der Waals surface area contributed by atoms with Crippen molar-refractivity contribution in [1.29, 1.82) is 0 Å². The zero-order valence-corrected chi connectivity index (χ0v) is 10.2. The minimum absolute atomic E-state index is 0.144. The molecule has 0 bridgehead atoms. The molecule has 0 fully saturated rings. The molecule has 0 atom stereocenters. The van der Waals surface area contributed by atoms with E-state index in [4.69, 9.17) is 5.11 Å². The molecular formula is C12H20O5. The number of carbonyl (C=O) groups excluding carboxylic acids is 2. The second-order valence-corrected chi connectivity index (χ2v) is 2.76. The molecular weight excluding hydrogens is 224 g/mol. The summed E-state index contributed by atoms with van der Waals surface area (Å²) in [5.74, 6) is -0.763. The first-order chi connectivity index (χ1) is 8.12. The van der Waals surface area contributed by atoms with Gasteiger partial charge in [0.15, 0.2) is 0 Å². The molecule has 0 aliphatic carbocycles. The first-order valence-electron chi connectivity index (χ1n) is 5.31. The van der Waals surface area contributed by atoms with E-state index in [2.05, 4.69) is 22.6 Å². The van der Waals surface area contributed by atoms with Crippen molar-refractivity contribution in [3.05, 3.63) is 25.3 Å². The molecule has 1 N–H and O–H groups in total. The molecule has 0 spiro atoms. The minimum Gasteiger partial charge on any atom is -0.463 e. The number of hydrogen-bond acceptors (Lipinski definition) is 5. The average Bonchev–Trinajstić information content (AvgIpc) is 2.35. The van der Waals surface area contributed by atoms with Crippen LogP contribution in [0.4, 0.5) is 0 Å². The number of esters is 2. The van der Waals surface area contributed by atoms with E-state index in [0.29, 0.717) is 26.1 Å². The SMILES string of the molecule is C=CC(=O)OCC.C=CC(=O)OCCCCO. The molecule has 98 valence electrons. The highest BCUT2D eigenvalue weighted by molar-refractivity contribution is 5.81. The number of unbranched alkanes of at least 4 members (excludes halogenated alkanes) is 1. The third-order valence-corrected chi connectivity index (χ3v) is 1.42. The van der Waals surface area contributed by atoms with Gasteiger partial charge in [-0.15, -0.1) is 0 Å². The predicted molar refractivity (Wildman–Crippen MR) is 64.3 cm³/mol. The zero-order valence-electron chi connectivity index (χ0n) is 10.2. The van der Waals surface area contributed by atoms with E-state index in [0.717, 1.165) is 12.2 Å². The number of carbonyl (C=O) groups is 2. The molecule has 17 heavy (non-hydrogen) atoms. The van der Waals surface area contributed by atoms with E-state index in [9.17, 15) is 9.59 Å². The predicted octanol–water partition coefficient (Wildman–Crippen LogP) is 1.22. The molecule has 5 nitrogen and oxygen atoms in total. The maximum atomic E-state index is 10.4. The Morgan fingerprint density at radius 3 is 2.00 bits per heavy atom. The van der Waals surface area contributed by atoms with Crippen LogP contribution >= 0.6 is 0 Å². The Kier molecular flexibility index (Phi) is 15.0. The first-order valence-corrected chi connectivity index (χ1v) is 5.31. The van der Waals surface area contributed by atoms with Gasteiger partial charge < -0.3 is 14.6 Å². The van der Waals surface area contributed by atoms with Crippen molar-refractivity contribution in [2.45, 2.75) is 19.8 Å². The molecule has 0 aliphatic heterocycles. The molecule has 5 heteroatoms. The summed E-state index contributed by atoms with van der Waals surface area (Å²) in [6, 6.07) is 0. The van der Waals surface area contributed by atoms with Crippen LogP contribution in [-0.4, -0.2) is 36.9 Å². The fourth-order valence-corrected chi connectivity index (χ4v) is 0.647. The Balaban J connectivity index is 0. The molecule has 0 saturated carbocycles. The van der Waals surface area contributed by atoms with Gasteiger partial charge in [0.1, 0.15) is 0 Å². The van der Waals surface area contributed by atoms with E-state index in [-0.39, 0.29) is 12.6 Å². The first kappa shape index (κ1) is 17.8. The maximum Gasteiger partial charge on any atom is 0.330 e. The summed E-state index contributed by atoms with van der Waals surface area (Å²) >= 11 is 0. The third kappa shape index (κ3) is 17.0. The van der Waals surface area contributed by atoms with Crippen molar-refractivity contribution in [3.63, 3.8) is 0 Å². The molecule has 0 radical (unpaired) electrons. The van der Waals surface area contributed by atoms with Crippen LogP contribution in [0.1, 0.15) is 19.8 Å². The van der Waals surface area contributed by atoms with Gasteiger partial charge in [-0.2, -0.15) is 0 Å². The summed E-state index contributed by atoms with van der Waals surface area (Å²) in [5.41, 5.74) is 0. The van der Waals surface area contributed by atoms with Crippen LogP contribution < -0.4 is 0 Å². The van der Waals surface area contributed by atoms with Gasteiger partial charge in [-0.3, -0.25) is 0 Å². The summed E-state index contributed by atoms with van der Waals surface area (Å²) in [6.07, 6.45) is 3.64. The van der Waals surface area contributed by atoms with Crippen molar-refractivity contribution in [1.82, 2.24) is 0 Å². The van der Waals surface area contributed by atoms with Crippen LogP contribution in [0.25, 0.3) is 0 Å². The lowest BCUT2D eigenvalue weighted by Crippen LogP contribution is -2.02. The number of rotatable bonds is 7. The summed E-state index contributed by atoms with van der Waals surface area (Å²) in [4.78, 5) is 20.4. The molecule has 0 unspecified atom stereocenters. The molecule has 0 saturated heterocycles. The van der Waals surface area contributed by atoms with Gasteiger partial charge in [0.25, 0.3) is 0 Å². The van der Waals surface area contributed by atoms with Crippen molar-refractivity contribution < 1.29 is 24.2 Å². The van der Waals surface area contributed by atoms with Gasteiger partial charge in [0.2, 0.25) is 0 Å². The molecule has 0 aliphatic rings. The van der Waals surface area contributed by atoms with E-state index < -0.39 is 5.97 Å². The van der Waals surface area contributed by atoms with Crippen molar-refractivity contribution in [3.8, 4) is 0 Å². The minimum atomic E-state index is -0.405. The highest BCUT2D eigenvalue weighted by Gasteiger charge is 1.92. The molecule has 0 amide bonds. The van der Waals surface area contributed by atoms with Crippen LogP contribution in [0.2, 0.25) is 0 Å². The van der Waals surface area contributed by atoms with Gasteiger partial charge in [-0.1, -0.05) is 13.2 Å². The second kappa shape index (κ2) is 14.4. The van der Waals surface area contributed by atoms with Gasteiger partial charge in [0.05, 0.1) is 13.2 Å². The fraction of sp³-hybridized carbons (Fsp3) is 0.500. The Morgan fingerprint density at radius 1 is 1.12 bits per heavy atom. The standard InChI is InChI=1S/C7H12O3.C5H8O2/c1-2-7(9)10-6-4-3-5-8;1-3-5(6)7-4-2/h2,8H,1,3-6H2;3H,1,4H2,2H3. The van der Waals surface area contributed by atoms with Gasteiger partial charge in [0, 0.05) is 18.8 Å². The molecule has 0 aromatic carbocycles. The molecule has 0 rings (SSSR count). The number of ether oxygens (including phenoxy) is 2. The van der Waals surface area contributed by atoms with Crippen molar-refractivity contribution in [2.24, 2.45) is 0 Å². The Hall–Kier alpha value is -1.62. The summed E-state index contributed by atoms with van der Waals surface area (Å²) < 4.78 is 9.06. The monoisotopic (exact) mass is 244 g/mol. The highest BCUT2D eigenvalue weighted by Crippen LogP contribution is 1.88. The van der Waals surface area contributed by atoms with Gasteiger partial charge in [-0.25, -0.2) is 9.59 Å². The topological polar surface area (TPSA) is 72.8 Å². The lowest BCUT2D eigenvalue weighted by atomic mass is 10.3. The maximum absolute atomic E-state index is 10.4. The Morgan fingerprint density at radius 2 is 1.65 bits per heavy atom. The summed E-state index contributed by atoms with van der Waals surface area (Å²) in [6.45, 7) is 9.12. The summed E-state index contributed by atoms with van der Waals surface area (Å²) in [7, 11) is 0. The van der Waals surface area contributed by atoms with Crippen molar-refractivity contribution in [2.75, 3.05) is 19.8 Å². The molecule has 0 aromatic rings. The Labute approximate surface area is 102 Å². The smallest absolute Gasteiger partial charge is 0.330 e. The van der Waals surface area contributed by atoms with Crippen LogP contribution in [0.15, 0.2) is 25.3 Å². The normalized spacial score (nSPS) is 8.35. The lowest BCUT2D eigenvalue weighted by molar-refractivity contribution is -0.138. The number of aliphatic hydroxyl groups is 1. The lowest BCUT2D eigenvalue weighted by Gasteiger charge is -1.98. The Bertz CT molecular complexity index is 235. The molecule has 0 heterocycles. The second-order valence-electron chi connectivity index (χ2n) is 2.76. The van der Waals surface area contributed by atoms with Gasteiger partial charge in [-0.05, 0) is 19.8 Å². The van der Waals surface area contributed by atoms with E-state index >= 15 is 0 Å². The average molecular weight is 244 g/mol. The van der Waals surface area contributed by atoms with E-state index in [1.165, 1.54) is 0 Å². The quantitative estimate of drug-likeness (QED) is 0.414. The zero-order chi connectivity index (χ0) is 13.5. The third-order valence-electron chi connectivity index (χ3n) is 1.42. The van der Waals surface area contributed by atoms with Crippen LogP contribution in [-0.2, 0) is 19.1 Å². The van der Waals surface area contributed by atoms with Crippen LogP contribution in [0.5, 0.6) is 0 Å². The van der Waals surface area contributed by atoms with E-state index in [1.807, 2.05) is 0 Å². The number of aliphatic hydroxyl groups excluding tert-OH is 1. The highest BCUT2D eigenvalue weighted by atomic mass is 16.5. The van der Waals surface area contributed by atoms with Crippen LogP contribution in [0, 0.1) is 0 Å². The summed E-state index contributed by atoms with van der Waals surface area (Å²) in [5, 5.41) is 8.33. The van der Waals surface area contributed by atoms with Crippen molar-refractivity contribution >= 4 is 11.9 Å². The van der Waals surface area contributed by atoms with Crippen LogP contribution in [0.3, 0.4) is 0 Å². The largest absolute Gasteiger partial charge is 0.463 e. The van der Waals surface area contributed by atoms with Gasteiger partial charge >= 0.3 is 11.9 Å². The molecule has 0 aromatic heterocycles. The fourth-order valence-electron chi connectivity index (χ4n) is 0.647. The number of hydrogen-bond donors (Lipinski definition) is 1. The van der Waals surface area contributed by atoms with E-state index in [1.54, 1.807) is 6.92 Å².